The van der Waals surface area contributed by atoms with Crippen molar-refractivity contribution in [3.63, 3.8) is 0 Å². The molecule has 0 saturated heterocycles. The van der Waals surface area contributed by atoms with Crippen LogP contribution in [0, 0.1) is 0 Å². The Morgan fingerprint density at radius 1 is 1.00 bits per heavy atom. The van der Waals surface area contributed by atoms with Gasteiger partial charge in [0, 0.05) is 5.75 Å². The molecule has 0 atom stereocenters. The molecule has 0 aromatic carbocycles. The topological polar surface area (TPSA) is 0 Å². The molecule has 0 N–H and O–H groups in total. The van der Waals surface area contributed by atoms with Crippen LogP contribution in [-0.4, -0.2) is 5.75 Å². The summed E-state index contributed by atoms with van der Waals surface area (Å²) in [5.41, 5.74) is 0. The molecular weight excluding hydrogens is 116 g/mol. The summed E-state index contributed by atoms with van der Waals surface area (Å²) in [6.45, 7) is 0. The minimum atomic E-state index is 1.10. The van der Waals surface area contributed by atoms with Gasteiger partial charge in [-0.25, -0.2) is 0 Å². The van der Waals surface area contributed by atoms with Crippen molar-refractivity contribution in [2.45, 2.75) is 0 Å². The van der Waals surface area contributed by atoms with Crippen LogP contribution in [0.1, 0.15) is 0 Å². The smallest absolute Gasteiger partial charge is 0.0157 e. The first-order chi connectivity index (χ1) is 4.00. The molecule has 0 fully saturated rings. The molecule has 0 saturated carbocycles. The van der Waals surface area contributed by atoms with Gasteiger partial charge in [-0.1, -0.05) is 30.4 Å². The Balaban J connectivity index is 2.51. The second-order valence-electron chi connectivity index (χ2n) is 1.47. The van der Waals surface area contributed by atoms with Gasteiger partial charge in [0.1, 0.15) is 0 Å². The molecule has 0 nitrogen and oxygen atoms in total. The largest absolute Gasteiger partial charge is 0.130 e. The summed E-state index contributed by atoms with van der Waals surface area (Å²) in [7, 11) is 0. The van der Waals surface area contributed by atoms with E-state index in [1.165, 1.54) is 0 Å². The van der Waals surface area contributed by atoms with Crippen LogP contribution in [0.3, 0.4) is 0 Å². The third-order valence-corrected chi connectivity index (χ3v) is 1.57. The highest BCUT2D eigenvalue weighted by atomic mass is 32.2. The van der Waals surface area contributed by atoms with E-state index in [-0.39, 0.29) is 0 Å². The fraction of sp³-hybridized carbons (Fsp3) is 0.143. The van der Waals surface area contributed by atoms with Gasteiger partial charge in [-0.3, -0.25) is 0 Å². The van der Waals surface area contributed by atoms with Gasteiger partial charge in [0.25, 0.3) is 0 Å². The Labute approximate surface area is 54.0 Å². The Morgan fingerprint density at radius 3 is 2.88 bits per heavy atom. The lowest BCUT2D eigenvalue weighted by molar-refractivity contribution is 1.74. The zero-order chi connectivity index (χ0) is 5.66. The van der Waals surface area contributed by atoms with Crippen molar-refractivity contribution in [3.05, 3.63) is 35.8 Å². The quantitative estimate of drug-likeness (QED) is 0.477. The van der Waals surface area contributed by atoms with Gasteiger partial charge >= 0.3 is 0 Å². The van der Waals surface area contributed by atoms with Gasteiger partial charge in [0.2, 0.25) is 0 Å². The van der Waals surface area contributed by atoms with Crippen molar-refractivity contribution in [2.75, 3.05) is 5.75 Å². The fourth-order valence-corrected chi connectivity index (χ4v) is 1.01. The number of rotatable bonds is 0. The Morgan fingerprint density at radius 2 is 1.88 bits per heavy atom. The lowest BCUT2D eigenvalue weighted by Gasteiger charge is -1.86. The Hall–Kier alpha value is -0.430. The van der Waals surface area contributed by atoms with Crippen LogP contribution < -0.4 is 0 Å². The van der Waals surface area contributed by atoms with E-state index < -0.39 is 0 Å². The summed E-state index contributed by atoms with van der Waals surface area (Å²) in [5.74, 6) is 1.10. The summed E-state index contributed by atoms with van der Waals surface area (Å²) in [6.07, 6.45) is 10.3. The molecular formula is C7H8S. The predicted octanol–water partition coefficient (Wildman–Crippen LogP) is 2.36. The first kappa shape index (κ1) is 5.70. The number of hydrogen-bond acceptors (Lipinski definition) is 1. The minimum absolute atomic E-state index is 1.10. The number of allylic oxidation sites excluding steroid dienone is 4. The first-order valence-corrected chi connectivity index (χ1v) is 3.65. The van der Waals surface area contributed by atoms with E-state index in [9.17, 15) is 0 Å². The zero-order valence-corrected chi connectivity index (χ0v) is 5.40. The summed E-state index contributed by atoms with van der Waals surface area (Å²) in [5, 5.41) is 2.10. The third kappa shape index (κ3) is 2.03. The highest BCUT2D eigenvalue weighted by Crippen LogP contribution is 2.03. The first-order valence-electron chi connectivity index (χ1n) is 2.60. The highest BCUT2D eigenvalue weighted by Gasteiger charge is 1.75. The molecule has 0 spiro atoms. The summed E-state index contributed by atoms with van der Waals surface area (Å²) >= 11 is 1.81. The van der Waals surface area contributed by atoms with Gasteiger partial charge in [0.15, 0.2) is 0 Å². The molecule has 0 unspecified atom stereocenters. The fourth-order valence-electron chi connectivity index (χ4n) is 0.474. The number of hydrogen-bond donors (Lipinski definition) is 0. The molecule has 0 bridgehead atoms. The van der Waals surface area contributed by atoms with E-state index in [2.05, 4.69) is 17.6 Å². The van der Waals surface area contributed by atoms with Crippen LogP contribution in [0.15, 0.2) is 35.8 Å². The molecule has 8 heavy (non-hydrogen) atoms. The van der Waals surface area contributed by atoms with Gasteiger partial charge in [-0.15, -0.1) is 11.8 Å². The summed E-state index contributed by atoms with van der Waals surface area (Å²) < 4.78 is 0. The van der Waals surface area contributed by atoms with E-state index in [1.54, 1.807) is 0 Å². The third-order valence-electron chi connectivity index (χ3n) is 0.837. The van der Waals surface area contributed by atoms with Gasteiger partial charge in [0.05, 0.1) is 0 Å². The van der Waals surface area contributed by atoms with E-state index in [0.717, 1.165) is 5.75 Å². The van der Waals surface area contributed by atoms with Crippen LogP contribution in [-0.2, 0) is 0 Å². The van der Waals surface area contributed by atoms with Gasteiger partial charge < -0.3 is 0 Å². The number of thioether (sulfide) groups is 1. The van der Waals surface area contributed by atoms with E-state index >= 15 is 0 Å². The summed E-state index contributed by atoms with van der Waals surface area (Å²) in [4.78, 5) is 0. The highest BCUT2D eigenvalue weighted by molar-refractivity contribution is 8.02. The van der Waals surface area contributed by atoms with Crippen molar-refractivity contribution >= 4 is 11.8 Å². The van der Waals surface area contributed by atoms with Crippen LogP contribution in [0.5, 0.6) is 0 Å². The van der Waals surface area contributed by atoms with Crippen molar-refractivity contribution in [2.24, 2.45) is 0 Å². The predicted molar refractivity (Wildman–Crippen MR) is 39.9 cm³/mol. The zero-order valence-electron chi connectivity index (χ0n) is 4.58. The average molecular weight is 124 g/mol. The molecule has 0 radical (unpaired) electrons. The van der Waals surface area contributed by atoms with Gasteiger partial charge in [-0.2, -0.15) is 0 Å². The molecule has 0 aliphatic carbocycles. The molecule has 1 heterocycles. The van der Waals surface area contributed by atoms with Crippen molar-refractivity contribution in [1.29, 1.82) is 0 Å². The SMILES string of the molecule is C1=C/C=C\SCC=C1. The molecule has 0 aromatic heterocycles. The molecule has 1 rings (SSSR count). The molecule has 1 heteroatoms. The van der Waals surface area contributed by atoms with Crippen molar-refractivity contribution in [1.82, 2.24) is 0 Å². The van der Waals surface area contributed by atoms with E-state index in [0.29, 0.717) is 0 Å². The van der Waals surface area contributed by atoms with Crippen molar-refractivity contribution in [3.8, 4) is 0 Å². The molecule has 42 valence electrons. The second-order valence-corrected chi connectivity index (χ2v) is 2.41. The maximum Gasteiger partial charge on any atom is 0.0157 e. The van der Waals surface area contributed by atoms with Crippen LogP contribution in [0.4, 0.5) is 0 Å². The van der Waals surface area contributed by atoms with E-state index in [1.807, 2.05) is 30.0 Å². The van der Waals surface area contributed by atoms with Crippen LogP contribution in [0.2, 0.25) is 0 Å². The molecule has 0 aromatic rings. The molecule has 1 aliphatic rings. The Bertz CT molecular complexity index is 115. The van der Waals surface area contributed by atoms with Gasteiger partial charge in [-0.05, 0) is 5.41 Å². The lowest BCUT2D eigenvalue weighted by Crippen LogP contribution is -1.65. The maximum atomic E-state index is 2.14. The minimum Gasteiger partial charge on any atom is -0.130 e. The normalized spacial score (nSPS) is 22.0. The van der Waals surface area contributed by atoms with Crippen LogP contribution in [0.25, 0.3) is 0 Å². The summed E-state index contributed by atoms with van der Waals surface area (Å²) in [6, 6.07) is 0. The van der Waals surface area contributed by atoms with Crippen molar-refractivity contribution < 1.29 is 0 Å². The monoisotopic (exact) mass is 124 g/mol. The average Bonchev–Trinajstić information content (AvgIpc) is 1.62. The van der Waals surface area contributed by atoms with E-state index in [4.69, 9.17) is 0 Å². The lowest BCUT2D eigenvalue weighted by atomic mass is 10.4. The van der Waals surface area contributed by atoms with Crippen LogP contribution >= 0.6 is 11.8 Å². The molecule has 1 aliphatic heterocycles. The molecule has 0 amide bonds. The second kappa shape index (κ2) is 3.56. The maximum absolute atomic E-state index is 2.14. The standard InChI is InChI=1S/C7H8S/c1-2-4-6-8-7-5-3-1/h1-6H,7H2/b2-1?,5-3?,6-4-. The Kier molecular flexibility index (Phi) is 2.54.